The van der Waals surface area contributed by atoms with Gasteiger partial charge in [0.05, 0.1) is 7.11 Å². The molecule has 0 fully saturated rings. The molecule has 1 aromatic rings. The first-order valence-corrected chi connectivity index (χ1v) is 6.32. The number of methoxy groups -OCH3 is 1. The van der Waals surface area contributed by atoms with Crippen molar-refractivity contribution >= 4 is 17.3 Å². The summed E-state index contributed by atoms with van der Waals surface area (Å²) in [7, 11) is 1.68. The van der Waals surface area contributed by atoms with E-state index < -0.39 is 0 Å². The van der Waals surface area contributed by atoms with E-state index in [-0.39, 0.29) is 0 Å². The van der Waals surface area contributed by atoms with E-state index in [1.807, 2.05) is 24.3 Å². The molecule has 0 amide bonds. The van der Waals surface area contributed by atoms with E-state index in [4.69, 9.17) is 17.0 Å². The second kappa shape index (κ2) is 7.90. The Balaban J connectivity index is 2.36. The minimum atomic E-state index is 0.683. The maximum Gasteiger partial charge on any atom is 0.166 e. The van der Waals surface area contributed by atoms with Gasteiger partial charge in [-0.1, -0.05) is 31.5 Å². The van der Waals surface area contributed by atoms with Crippen molar-refractivity contribution in [2.24, 2.45) is 0 Å². The molecular formula is C13H20N2OS. The van der Waals surface area contributed by atoms with E-state index in [1.54, 1.807) is 7.11 Å². The Labute approximate surface area is 109 Å². The molecule has 0 saturated carbocycles. The van der Waals surface area contributed by atoms with Gasteiger partial charge in [-0.25, -0.2) is 0 Å². The maximum absolute atomic E-state index is 5.27. The van der Waals surface area contributed by atoms with Crippen LogP contribution in [0.1, 0.15) is 25.3 Å². The number of unbranched alkanes of at least 4 members (excludes halogenated alkanes) is 1. The fraction of sp³-hybridized carbons (Fsp3) is 0.462. The van der Waals surface area contributed by atoms with Gasteiger partial charge in [-0.15, -0.1) is 0 Å². The summed E-state index contributed by atoms with van der Waals surface area (Å²) in [5, 5.41) is 7.04. The molecule has 0 aliphatic carbocycles. The van der Waals surface area contributed by atoms with Gasteiger partial charge in [0, 0.05) is 18.7 Å². The van der Waals surface area contributed by atoms with Gasteiger partial charge >= 0.3 is 0 Å². The molecule has 0 aliphatic rings. The predicted octanol–water partition coefficient (Wildman–Crippen LogP) is 2.46. The highest BCUT2D eigenvalue weighted by Gasteiger charge is 2.01. The van der Waals surface area contributed by atoms with Crippen molar-refractivity contribution in [2.75, 3.05) is 13.7 Å². The van der Waals surface area contributed by atoms with Crippen molar-refractivity contribution in [1.82, 2.24) is 10.6 Å². The van der Waals surface area contributed by atoms with Crippen LogP contribution in [0.15, 0.2) is 24.3 Å². The van der Waals surface area contributed by atoms with Gasteiger partial charge < -0.3 is 15.4 Å². The molecule has 0 spiro atoms. The number of rotatable bonds is 6. The van der Waals surface area contributed by atoms with Crippen molar-refractivity contribution in [1.29, 1.82) is 0 Å². The van der Waals surface area contributed by atoms with Gasteiger partial charge in [0.15, 0.2) is 5.11 Å². The van der Waals surface area contributed by atoms with Crippen molar-refractivity contribution in [3.63, 3.8) is 0 Å². The smallest absolute Gasteiger partial charge is 0.166 e. The van der Waals surface area contributed by atoms with Crippen molar-refractivity contribution in [2.45, 2.75) is 26.3 Å². The summed E-state index contributed by atoms with van der Waals surface area (Å²) in [6.45, 7) is 3.77. The molecule has 0 unspecified atom stereocenters. The lowest BCUT2D eigenvalue weighted by Crippen LogP contribution is -2.35. The molecule has 3 nitrogen and oxygen atoms in total. The molecule has 1 rings (SSSR count). The Bertz CT molecular complexity index is 355. The lowest BCUT2D eigenvalue weighted by atomic mass is 10.2. The third-order valence-electron chi connectivity index (χ3n) is 2.45. The first-order chi connectivity index (χ1) is 8.27. The molecule has 2 N–H and O–H groups in total. The lowest BCUT2D eigenvalue weighted by Gasteiger charge is -2.12. The molecule has 0 aromatic heterocycles. The van der Waals surface area contributed by atoms with Crippen LogP contribution in [-0.2, 0) is 6.54 Å². The monoisotopic (exact) mass is 252 g/mol. The summed E-state index contributed by atoms with van der Waals surface area (Å²) in [5.41, 5.74) is 1.11. The highest BCUT2D eigenvalue weighted by molar-refractivity contribution is 7.80. The number of nitrogens with one attached hydrogen (secondary N) is 2. The summed E-state index contributed by atoms with van der Waals surface area (Å²) < 4.78 is 5.27. The SMILES string of the molecule is CCCCNC(=S)NCc1ccccc1OC. The highest BCUT2D eigenvalue weighted by Crippen LogP contribution is 2.16. The summed E-state index contributed by atoms with van der Waals surface area (Å²) in [6.07, 6.45) is 2.30. The molecular weight excluding hydrogens is 232 g/mol. The molecule has 0 bridgehead atoms. The van der Waals surface area contributed by atoms with E-state index in [9.17, 15) is 0 Å². The standard InChI is InChI=1S/C13H20N2OS/c1-3-4-9-14-13(17)15-10-11-7-5-6-8-12(11)16-2/h5-8H,3-4,9-10H2,1-2H3,(H2,14,15,17). The summed E-state index contributed by atoms with van der Waals surface area (Å²) >= 11 is 5.18. The number of hydrogen-bond donors (Lipinski definition) is 2. The van der Waals surface area contributed by atoms with Crippen LogP contribution in [0.3, 0.4) is 0 Å². The Morgan fingerprint density at radius 3 is 2.76 bits per heavy atom. The van der Waals surface area contributed by atoms with Crippen LogP contribution >= 0.6 is 12.2 Å². The van der Waals surface area contributed by atoms with Gasteiger partial charge in [-0.2, -0.15) is 0 Å². The maximum atomic E-state index is 5.27. The molecule has 1 aromatic carbocycles. The van der Waals surface area contributed by atoms with Crippen molar-refractivity contribution in [3.8, 4) is 5.75 Å². The molecule has 0 radical (unpaired) electrons. The van der Waals surface area contributed by atoms with E-state index in [0.717, 1.165) is 24.3 Å². The van der Waals surface area contributed by atoms with Crippen LogP contribution in [0.25, 0.3) is 0 Å². The summed E-state index contributed by atoms with van der Waals surface area (Å²) in [4.78, 5) is 0. The first-order valence-electron chi connectivity index (χ1n) is 5.91. The average molecular weight is 252 g/mol. The van der Waals surface area contributed by atoms with Crippen LogP contribution in [0, 0.1) is 0 Å². The minimum Gasteiger partial charge on any atom is -0.496 e. The minimum absolute atomic E-state index is 0.683. The zero-order valence-electron chi connectivity index (χ0n) is 10.5. The Hall–Kier alpha value is -1.29. The fourth-order valence-corrected chi connectivity index (χ4v) is 1.64. The summed E-state index contributed by atoms with van der Waals surface area (Å²) in [5.74, 6) is 0.886. The number of ether oxygens (including phenoxy) is 1. The summed E-state index contributed by atoms with van der Waals surface area (Å²) in [6, 6.07) is 7.93. The molecule has 17 heavy (non-hydrogen) atoms. The third kappa shape index (κ3) is 5.04. The van der Waals surface area contributed by atoms with Gasteiger partial charge in [0.25, 0.3) is 0 Å². The molecule has 4 heteroatoms. The second-order valence-corrected chi connectivity index (χ2v) is 4.18. The zero-order chi connectivity index (χ0) is 12.5. The van der Waals surface area contributed by atoms with E-state index in [1.165, 1.54) is 6.42 Å². The molecule has 0 heterocycles. The van der Waals surface area contributed by atoms with Crippen LogP contribution < -0.4 is 15.4 Å². The van der Waals surface area contributed by atoms with Crippen LogP contribution in [0.5, 0.6) is 5.75 Å². The number of benzene rings is 1. The Morgan fingerprint density at radius 1 is 1.29 bits per heavy atom. The second-order valence-electron chi connectivity index (χ2n) is 3.77. The number of thiocarbonyl (C=S) groups is 1. The Morgan fingerprint density at radius 2 is 2.06 bits per heavy atom. The third-order valence-corrected chi connectivity index (χ3v) is 2.74. The molecule has 0 saturated heterocycles. The van der Waals surface area contributed by atoms with Gasteiger partial charge in [0.1, 0.15) is 5.75 Å². The highest BCUT2D eigenvalue weighted by atomic mass is 32.1. The molecule has 0 aliphatic heterocycles. The first kappa shape index (κ1) is 13.8. The van der Waals surface area contributed by atoms with Crippen LogP contribution in [0.4, 0.5) is 0 Å². The van der Waals surface area contributed by atoms with E-state index in [2.05, 4.69) is 17.6 Å². The van der Waals surface area contributed by atoms with E-state index >= 15 is 0 Å². The normalized spacial score (nSPS) is 9.76. The van der Waals surface area contributed by atoms with Crippen LogP contribution in [-0.4, -0.2) is 18.8 Å². The quantitative estimate of drug-likeness (QED) is 0.602. The van der Waals surface area contributed by atoms with Crippen molar-refractivity contribution < 1.29 is 4.74 Å². The predicted molar refractivity (Wildman–Crippen MR) is 75.3 cm³/mol. The van der Waals surface area contributed by atoms with Gasteiger partial charge in [-0.05, 0) is 24.7 Å². The fourth-order valence-electron chi connectivity index (χ4n) is 1.47. The van der Waals surface area contributed by atoms with Gasteiger partial charge in [0.2, 0.25) is 0 Å². The lowest BCUT2D eigenvalue weighted by molar-refractivity contribution is 0.409. The topological polar surface area (TPSA) is 33.3 Å². The van der Waals surface area contributed by atoms with Gasteiger partial charge in [-0.3, -0.25) is 0 Å². The molecule has 0 atom stereocenters. The van der Waals surface area contributed by atoms with E-state index in [0.29, 0.717) is 11.7 Å². The number of hydrogen-bond acceptors (Lipinski definition) is 2. The number of para-hydroxylation sites is 1. The molecule has 94 valence electrons. The van der Waals surface area contributed by atoms with Crippen LogP contribution in [0.2, 0.25) is 0 Å². The zero-order valence-corrected chi connectivity index (χ0v) is 11.3. The van der Waals surface area contributed by atoms with Crippen molar-refractivity contribution in [3.05, 3.63) is 29.8 Å². The average Bonchev–Trinajstić information content (AvgIpc) is 2.37. The largest absolute Gasteiger partial charge is 0.496 e. The Kier molecular flexibility index (Phi) is 6.40.